The van der Waals surface area contributed by atoms with Gasteiger partial charge in [0.2, 0.25) is 0 Å². The molecule has 23 heteroatoms. The van der Waals surface area contributed by atoms with Gasteiger partial charge in [0.05, 0.1) is 3.79 Å². The normalized spacial score (nSPS) is 11.8. The molecule has 2 aliphatic rings. The Morgan fingerprint density at radius 2 is 0.493 bits per heavy atom. The molecule has 2 aliphatic heterocycles. The summed E-state index contributed by atoms with van der Waals surface area (Å²) in [5.74, 6) is -3.29. The molecule has 0 radical (unpaired) electrons. The number of benzene rings is 13. The van der Waals surface area contributed by atoms with Crippen LogP contribution in [-0.2, 0) is 49.3 Å². The third-order valence-electron chi connectivity index (χ3n) is 23.6. The van der Waals surface area contributed by atoms with Crippen LogP contribution in [0.5, 0.6) is 0 Å². The Balaban J connectivity index is 0.000000143. The van der Waals surface area contributed by atoms with Gasteiger partial charge in [0, 0.05) is 65.6 Å². The van der Waals surface area contributed by atoms with Crippen LogP contribution in [0.25, 0.3) is 29.3 Å². The first-order valence-corrected chi connectivity index (χ1v) is 67.9. The van der Waals surface area contributed by atoms with Crippen LogP contribution in [0, 0.1) is 6.92 Å². The number of rotatable bonds is 29. The summed E-state index contributed by atoms with van der Waals surface area (Å²) < 4.78 is 7.37. The number of unbranched alkanes of at least 4 members (excludes halogenated alkanes) is 3. The first kappa shape index (κ1) is 114. The minimum Gasteiger partial charge on any atom is -0.324 e. The molecule has 4 amide bonds. The van der Waals surface area contributed by atoms with Gasteiger partial charge >= 0.3 is 168 Å². The van der Waals surface area contributed by atoms with E-state index in [9.17, 15) is 28.8 Å². The molecule has 21 rings (SSSR count). The molecule has 0 unspecified atom stereocenters. The molecule has 0 bridgehead atoms. The van der Waals surface area contributed by atoms with E-state index in [0.717, 1.165) is 13.5 Å². The smallest absolute Gasteiger partial charge is 0.324 e. The average Bonchev–Trinajstić information content (AvgIpc) is 1.69. The van der Waals surface area contributed by atoms with E-state index in [0.29, 0.717) is 19.9 Å². The molecule has 2 saturated heterocycles. The van der Waals surface area contributed by atoms with Crippen molar-refractivity contribution in [3.8, 4) is 29.3 Å². The Labute approximate surface area is 927 Å². The molecule has 13 aromatic carbocycles. The molecule has 148 heavy (non-hydrogen) atoms. The molecular formula is C125H117BrN2O8P4PdS6Sn. The Morgan fingerprint density at radius 1 is 0.270 bits per heavy atom. The molecule has 0 spiro atoms. The second-order valence-corrected chi connectivity index (χ2v) is 64.7. The SMILES string of the molecule is CCC[CH2][Sn]([CH2]CCC)([CH2]CCC)[c]1ccc(-c2cccs2)s1.Cc1ccccc1.O=C(ON1C(=O)CCC1=O)c1ccc(-c2ccc(-c3cccs3)s2)s1.O=C(ON1C(=O)CCC1=O)c1ccc(Br)s1.[Pd].c1ccc(P(c2ccccc2)c2ccccc2)cc1.c1ccc(P(c2ccccc2)c2ccccc2)cc1.c1ccc(P(c2ccccc2)c2ccccc2)cc1.c1ccc(P(c2ccccc2)c2ccccc2)cc1. The molecule has 6 aromatic heterocycles. The van der Waals surface area contributed by atoms with Crippen molar-refractivity contribution in [2.45, 2.75) is 105 Å². The Morgan fingerprint density at radius 3 is 0.723 bits per heavy atom. The summed E-state index contributed by atoms with van der Waals surface area (Å²) in [6.45, 7) is 9.17. The van der Waals surface area contributed by atoms with Crippen LogP contribution in [0.3, 0.4) is 0 Å². The van der Waals surface area contributed by atoms with Gasteiger partial charge in [-0.15, -0.1) is 55.5 Å². The van der Waals surface area contributed by atoms with Crippen molar-refractivity contribution < 1.29 is 58.9 Å². The molecule has 0 aliphatic carbocycles. The van der Waals surface area contributed by atoms with Crippen LogP contribution < -0.4 is 66.5 Å². The van der Waals surface area contributed by atoms with Crippen molar-refractivity contribution in [1.82, 2.24) is 10.1 Å². The number of hydrogen-bond acceptors (Lipinski definition) is 14. The predicted molar refractivity (Wildman–Crippen MR) is 640 cm³/mol. The third-order valence-corrected chi connectivity index (χ3v) is 58.8. The van der Waals surface area contributed by atoms with Crippen molar-refractivity contribution >= 4 is 236 Å². The van der Waals surface area contributed by atoms with Crippen molar-refractivity contribution in [3.63, 3.8) is 0 Å². The van der Waals surface area contributed by atoms with Gasteiger partial charge in [0.25, 0.3) is 23.6 Å². The van der Waals surface area contributed by atoms with Gasteiger partial charge in [-0.1, -0.05) is 406 Å². The molecular weight excluding hydrogens is 2280 g/mol. The molecule has 752 valence electrons. The summed E-state index contributed by atoms with van der Waals surface area (Å²) >= 11 is 10.8. The molecule has 2 fully saturated rings. The predicted octanol–water partition coefficient (Wildman–Crippen LogP) is 29.5. The second-order valence-electron chi connectivity index (χ2n) is 34.1. The zero-order valence-corrected chi connectivity index (χ0v) is 97.4. The van der Waals surface area contributed by atoms with E-state index in [1.54, 1.807) is 54.2 Å². The second kappa shape index (κ2) is 61.9. The standard InChI is InChI=1S/4C18H15P.C17H11NO4S3.C9H6BrNO4S.C8H5S2.C7H8.3C4H9.Pd.Sn/c4*1-4-10-16(11-5-1)19(17-12-6-2-7-13-17)18-14-8-3-9-15-18;19-15-7-8-16(20)18(15)22-17(21)14-6-5-13(25-14)12-4-3-11(24-12)10-2-1-9-23-10;10-6-2-1-5(16-6)9(14)15-11-7(12)3-4-8(11)13;1-3-7(9-5-1)8-4-2-6-10-8;1-7-5-3-2-4-6-7;3*1-3-4-2;;/h4*1-15H;1-6,9H,7-8H2;1-2H,3-4H2;1-5H;2-6H,1H3;3*1,3-4H2,2H3;;. The number of nitrogens with zero attached hydrogens (tertiary/aromatic N) is 2. The maximum Gasteiger partial charge on any atom is 0.373 e. The van der Waals surface area contributed by atoms with Gasteiger partial charge in [-0.2, -0.15) is 0 Å². The first-order valence-electron chi connectivity index (χ1n) is 49.3. The van der Waals surface area contributed by atoms with Crippen LogP contribution in [0.15, 0.2) is 482 Å². The molecule has 8 heterocycles. The van der Waals surface area contributed by atoms with E-state index in [2.05, 4.69) is 473 Å². The summed E-state index contributed by atoms with van der Waals surface area (Å²) in [7, 11) is -1.78. The Kier molecular flexibility index (Phi) is 47.7. The fourth-order valence-corrected chi connectivity index (χ4v) is 50.6. The van der Waals surface area contributed by atoms with E-state index < -0.39 is 85.6 Å². The minimum absolute atomic E-state index is 0. The molecule has 0 N–H and O–H groups in total. The number of hydroxylamine groups is 4. The number of hydrogen-bond donors (Lipinski definition) is 0. The first-order chi connectivity index (χ1) is 72.1. The fourth-order valence-electron chi connectivity index (χ4n) is 16.3. The van der Waals surface area contributed by atoms with E-state index >= 15 is 0 Å². The van der Waals surface area contributed by atoms with Gasteiger partial charge in [0.1, 0.15) is 9.75 Å². The Hall–Kier alpha value is -11.1. The summed E-state index contributed by atoms with van der Waals surface area (Å²) in [6, 6.07) is 164. The number of aryl methyl sites for hydroxylation is 1. The van der Waals surface area contributed by atoms with Crippen molar-refractivity contribution in [3.05, 3.63) is 497 Å². The number of carbonyl (C=O) groups excluding carboxylic acids is 6. The molecule has 0 atom stereocenters. The van der Waals surface area contributed by atoms with Crippen molar-refractivity contribution in [2.75, 3.05) is 0 Å². The van der Waals surface area contributed by atoms with Crippen LogP contribution >= 0.6 is 116 Å². The van der Waals surface area contributed by atoms with Crippen LogP contribution in [0.2, 0.25) is 13.3 Å². The number of halogens is 1. The van der Waals surface area contributed by atoms with Gasteiger partial charge < -0.3 is 9.68 Å². The monoisotopic (exact) mass is 2390 g/mol. The molecule has 0 saturated carbocycles. The molecule has 19 aromatic rings. The quantitative estimate of drug-likeness (QED) is 0.0258. The summed E-state index contributed by atoms with van der Waals surface area (Å²) in [6.07, 6.45) is 8.81. The minimum atomic E-state index is -2.19. The van der Waals surface area contributed by atoms with E-state index in [-0.39, 0.29) is 46.1 Å². The van der Waals surface area contributed by atoms with Gasteiger partial charge in [-0.25, -0.2) is 9.59 Å². The zero-order chi connectivity index (χ0) is 102. The zero-order valence-electron chi connectivity index (χ0n) is 82.9. The number of amides is 4. The van der Waals surface area contributed by atoms with Gasteiger partial charge in [-0.3, -0.25) is 19.2 Å². The summed E-state index contributed by atoms with van der Waals surface area (Å²) in [5.41, 5.74) is 1.32. The van der Waals surface area contributed by atoms with Gasteiger partial charge in [0.15, 0.2) is 0 Å². The number of thiophene rings is 6. The number of imide groups is 2. The van der Waals surface area contributed by atoms with E-state index in [1.165, 1.54) is 150 Å². The summed E-state index contributed by atoms with van der Waals surface area (Å²) in [5, 5.41) is 22.1. The van der Waals surface area contributed by atoms with E-state index in [4.69, 9.17) is 9.68 Å². The molecule has 10 nitrogen and oxygen atoms in total. The summed E-state index contributed by atoms with van der Waals surface area (Å²) in [4.78, 5) is 86.8. The van der Waals surface area contributed by atoms with Crippen molar-refractivity contribution in [1.29, 1.82) is 0 Å². The topological polar surface area (TPSA) is 127 Å². The van der Waals surface area contributed by atoms with E-state index in [1.807, 2.05) is 56.0 Å². The van der Waals surface area contributed by atoms with Crippen LogP contribution in [0.1, 0.15) is 110 Å². The van der Waals surface area contributed by atoms with Crippen molar-refractivity contribution in [2.24, 2.45) is 0 Å². The maximum atomic E-state index is 12.2. The fraction of sp³-hybridized carbons (Fsp3) is 0.136. The third kappa shape index (κ3) is 34.2. The largest absolute Gasteiger partial charge is 0.373 e. The maximum absolute atomic E-state index is 12.2. The van der Waals surface area contributed by atoms with Crippen LogP contribution in [-0.4, -0.2) is 64.1 Å². The number of carbonyl (C=O) groups is 6. The van der Waals surface area contributed by atoms with Crippen LogP contribution in [0.4, 0.5) is 0 Å². The Bertz CT molecular complexity index is 6210. The average molecular weight is 2400 g/mol. The van der Waals surface area contributed by atoms with Gasteiger partial charge in [-0.05, 0) is 166 Å².